The molecule has 26 heavy (non-hydrogen) atoms. The fraction of sp³-hybridized carbons (Fsp3) is 0.562. The van der Waals surface area contributed by atoms with Gasteiger partial charge < -0.3 is 5.32 Å². The molecule has 142 valence electrons. The molecule has 0 spiro atoms. The standard InChI is InChI=1S/C16H18F3N3O2S2/c17-16(18,19)10-1-4-14-13(9-10)21-15(25-14)20-11-5-7-22(8-6-11)26(23,24)12-2-3-12/h1,4,9,11-12H,2-3,5-8H2,(H,20,21). The zero-order valence-electron chi connectivity index (χ0n) is 13.8. The fourth-order valence-corrected chi connectivity index (χ4v) is 5.97. The number of anilines is 1. The van der Waals surface area contributed by atoms with Gasteiger partial charge in [0, 0.05) is 19.1 Å². The minimum Gasteiger partial charge on any atom is -0.359 e. The predicted molar refractivity (Wildman–Crippen MR) is 94.8 cm³/mol. The van der Waals surface area contributed by atoms with Crippen molar-refractivity contribution in [2.45, 2.75) is 43.2 Å². The van der Waals surface area contributed by atoms with E-state index in [0.717, 1.165) is 25.0 Å². The van der Waals surface area contributed by atoms with Crippen molar-refractivity contribution in [2.24, 2.45) is 0 Å². The van der Waals surface area contributed by atoms with E-state index < -0.39 is 21.8 Å². The molecule has 0 bridgehead atoms. The van der Waals surface area contributed by atoms with Crippen LogP contribution in [0.3, 0.4) is 0 Å². The average Bonchev–Trinajstić information content (AvgIpc) is 3.35. The molecule has 1 aromatic carbocycles. The summed E-state index contributed by atoms with van der Waals surface area (Å²) in [7, 11) is -3.14. The van der Waals surface area contributed by atoms with Gasteiger partial charge in [0.25, 0.3) is 0 Å². The molecule has 1 aromatic heterocycles. The third-order valence-corrected chi connectivity index (χ3v) is 8.17. The molecule has 0 unspecified atom stereocenters. The normalized spacial score (nSPS) is 20.6. The summed E-state index contributed by atoms with van der Waals surface area (Å²) >= 11 is 1.31. The first kappa shape index (κ1) is 18.0. The first-order valence-electron chi connectivity index (χ1n) is 8.47. The topological polar surface area (TPSA) is 62.3 Å². The van der Waals surface area contributed by atoms with E-state index in [9.17, 15) is 21.6 Å². The van der Waals surface area contributed by atoms with E-state index in [1.165, 1.54) is 17.4 Å². The number of halogens is 3. The van der Waals surface area contributed by atoms with Crippen LogP contribution in [0.5, 0.6) is 0 Å². The molecule has 2 fully saturated rings. The van der Waals surface area contributed by atoms with Crippen molar-refractivity contribution in [1.82, 2.24) is 9.29 Å². The van der Waals surface area contributed by atoms with Crippen molar-refractivity contribution < 1.29 is 21.6 Å². The highest BCUT2D eigenvalue weighted by molar-refractivity contribution is 7.90. The van der Waals surface area contributed by atoms with Gasteiger partial charge in [0.1, 0.15) is 0 Å². The second-order valence-electron chi connectivity index (χ2n) is 6.76. The second-order valence-corrected chi connectivity index (χ2v) is 10.0. The van der Waals surface area contributed by atoms with Gasteiger partial charge >= 0.3 is 6.18 Å². The highest BCUT2D eigenvalue weighted by Gasteiger charge is 2.41. The number of nitrogens with one attached hydrogen (secondary N) is 1. The predicted octanol–water partition coefficient (Wildman–Crippen LogP) is 3.68. The Balaban J connectivity index is 1.42. The number of hydrogen-bond acceptors (Lipinski definition) is 5. The lowest BCUT2D eigenvalue weighted by Gasteiger charge is -2.31. The molecule has 2 aromatic rings. The van der Waals surface area contributed by atoms with Crippen LogP contribution in [-0.2, 0) is 16.2 Å². The van der Waals surface area contributed by atoms with Gasteiger partial charge in [-0.3, -0.25) is 0 Å². The van der Waals surface area contributed by atoms with E-state index in [1.807, 2.05) is 0 Å². The number of nitrogens with zero attached hydrogens (tertiary/aromatic N) is 2. The monoisotopic (exact) mass is 405 g/mol. The number of alkyl halides is 3. The maximum Gasteiger partial charge on any atom is 0.416 e. The smallest absolute Gasteiger partial charge is 0.359 e. The number of rotatable bonds is 4. The molecule has 1 aliphatic heterocycles. The molecule has 5 nitrogen and oxygen atoms in total. The van der Waals surface area contributed by atoms with Gasteiger partial charge in [0.2, 0.25) is 10.0 Å². The molecular formula is C16H18F3N3O2S2. The summed E-state index contributed by atoms with van der Waals surface area (Å²) in [6.45, 7) is 0.944. The third kappa shape index (κ3) is 3.54. The average molecular weight is 405 g/mol. The molecule has 4 rings (SSSR count). The highest BCUT2D eigenvalue weighted by Crippen LogP contribution is 2.35. The van der Waals surface area contributed by atoms with E-state index in [4.69, 9.17) is 0 Å². The van der Waals surface area contributed by atoms with Crippen LogP contribution in [0, 0.1) is 0 Å². The number of benzene rings is 1. The largest absolute Gasteiger partial charge is 0.416 e. The summed E-state index contributed by atoms with van der Waals surface area (Å²) in [6.07, 6.45) is -1.55. The van der Waals surface area contributed by atoms with Gasteiger partial charge in [-0.1, -0.05) is 11.3 Å². The first-order valence-corrected chi connectivity index (χ1v) is 10.8. The third-order valence-electron chi connectivity index (χ3n) is 4.80. The summed E-state index contributed by atoms with van der Waals surface area (Å²) in [4.78, 5) is 4.26. The minimum atomic E-state index is -4.38. The Bertz CT molecular complexity index is 914. The van der Waals surface area contributed by atoms with Gasteiger partial charge in [-0.15, -0.1) is 0 Å². The maximum atomic E-state index is 12.8. The molecule has 1 aliphatic carbocycles. The Labute approximate surface area is 153 Å². The highest BCUT2D eigenvalue weighted by atomic mass is 32.2. The Morgan fingerprint density at radius 3 is 2.46 bits per heavy atom. The zero-order chi connectivity index (χ0) is 18.5. The Morgan fingerprint density at radius 2 is 1.85 bits per heavy atom. The molecular weight excluding hydrogens is 387 g/mol. The van der Waals surface area contributed by atoms with Gasteiger partial charge in [-0.05, 0) is 43.9 Å². The molecule has 1 saturated carbocycles. The van der Waals surface area contributed by atoms with Crippen LogP contribution in [0.2, 0.25) is 0 Å². The van der Waals surface area contributed by atoms with Gasteiger partial charge in [-0.25, -0.2) is 17.7 Å². The summed E-state index contributed by atoms with van der Waals surface area (Å²) in [5, 5.41) is 3.63. The van der Waals surface area contributed by atoms with Crippen LogP contribution in [-0.4, -0.2) is 42.1 Å². The summed E-state index contributed by atoms with van der Waals surface area (Å²) in [5.41, 5.74) is -0.387. The van der Waals surface area contributed by atoms with Crippen molar-refractivity contribution in [3.8, 4) is 0 Å². The van der Waals surface area contributed by atoms with E-state index in [-0.39, 0.29) is 11.3 Å². The SMILES string of the molecule is O=S(=O)(C1CC1)N1CCC(Nc2nc3cc(C(F)(F)F)ccc3s2)CC1. The van der Waals surface area contributed by atoms with Crippen molar-refractivity contribution in [3.63, 3.8) is 0 Å². The van der Waals surface area contributed by atoms with Crippen LogP contribution in [0.25, 0.3) is 10.2 Å². The maximum absolute atomic E-state index is 12.8. The van der Waals surface area contributed by atoms with Crippen LogP contribution < -0.4 is 5.32 Å². The number of hydrogen-bond donors (Lipinski definition) is 1. The molecule has 1 saturated heterocycles. The van der Waals surface area contributed by atoms with Gasteiger partial charge in [-0.2, -0.15) is 13.2 Å². The summed E-state index contributed by atoms with van der Waals surface area (Å²) < 4.78 is 65.1. The van der Waals surface area contributed by atoms with Crippen molar-refractivity contribution in [3.05, 3.63) is 23.8 Å². The van der Waals surface area contributed by atoms with Crippen LogP contribution >= 0.6 is 11.3 Å². The molecule has 2 heterocycles. The minimum absolute atomic E-state index is 0.0725. The Hall–Kier alpha value is -1.39. The lowest BCUT2D eigenvalue weighted by Crippen LogP contribution is -2.43. The second kappa shape index (κ2) is 6.35. The van der Waals surface area contributed by atoms with E-state index in [2.05, 4.69) is 10.3 Å². The van der Waals surface area contributed by atoms with Gasteiger partial charge in [0.05, 0.1) is 21.0 Å². The van der Waals surface area contributed by atoms with E-state index in [1.54, 1.807) is 4.31 Å². The number of sulfonamides is 1. The zero-order valence-corrected chi connectivity index (χ0v) is 15.4. The molecule has 1 N–H and O–H groups in total. The van der Waals surface area contributed by atoms with Crippen LogP contribution in [0.1, 0.15) is 31.2 Å². The molecule has 0 atom stereocenters. The first-order chi connectivity index (χ1) is 12.2. The molecule has 0 amide bonds. The lowest BCUT2D eigenvalue weighted by atomic mass is 10.1. The van der Waals surface area contributed by atoms with Gasteiger partial charge in [0.15, 0.2) is 5.13 Å². The van der Waals surface area contributed by atoms with Crippen molar-refractivity contribution in [1.29, 1.82) is 0 Å². The quantitative estimate of drug-likeness (QED) is 0.843. The summed E-state index contributed by atoms with van der Waals surface area (Å²) in [5.74, 6) is 0. The number of aromatic nitrogens is 1. The van der Waals surface area contributed by atoms with E-state index in [0.29, 0.717) is 41.3 Å². The lowest BCUT2D eigenvalue weighted by molar-refractivity contribution is -0.137. The van der Waals surface area contributed by atoms with Crippen LogP contribution in [0.4, 0.5) is 18.3 Å². The Morgan fingerprint density at radius 1 is 1.15 bits per heavy atom. The molecule has 10 heteroatoms. The molecule has 0 radical (unpaired) electrons. The van der Waals surface area contributed by atoms with Crippen LogP contribution in [0.15, 0.2) is 18.2 Å². The van der Waals surface area contributed by atoms with E-state index >= 15 is 0 Å². The molecule has 2 aliphatic rings. The van der Waals surface area contributed by atoms with Crippen molar-refractivity contribution in [2.75, 3.05) is 18.4 Å². The Kier molecular flexibility index (Phi) is 4.39. The number of piperidine rings is 1. The summed E-state index contributed by atoms with van der Waals surface area (Å²) in [6, 6.07) is 3.63. The fourth-order valence-electron chi connectivity index (χ4n) is 3.17. The number of fused-ring (bicyclic) bond motifs is 1. The van der Waals surface area contributed by atoms with Crippen molar-refractivity contribution >= 4 is 36.7 Å². The number of thiazole rings is 1.